The molecule has 0 N–H and O–H groups in total. The van der Waals surface area contributed by atoms with Crippen LogP contribution in [0.3, 0.4) is 0 Å². The van der Waals surface area contributed by atoms with E-state index in [1.54, 1.807) is 10.7 Å². The fourth-order valence-corrected chi connectivity index (χ4v) is 3.10. The van der Waals surface area contributed by atoms with E-state index >= 15 is 0 Å². The van der Waals surface area contributed by atoms with E-state index < -0.39 is 0 Å². The van der Waals surface area contributed by atoms with Crippen molar-refractivity contribution in [3.8, 4) is 0 Å². The largest absolute Gasteiger partial charge is 0.361 e. The van der Waals surface area contributed by atoms with Crippen LogP contribution in [0.5, 0.6) is 0 Å². The van der Waals surface area contributed by atoms with Crippen LogP contribution in [0.4, 0.5) is 0 Å². The number of hydrogen-bond acceptors (Lipinski definition) is 5. The summed E-state index contributed by atoms with van der Waals surface area (Å²) in [7, 11) is 0. The Morgan fingerprint density at radius 3 is 2.75 bits per heavy atom. The third kappa shape index (κ3) is 3.51. The van der Waals surface area contributed by atoms with Crippen LogP contribution in [0.2, 0.25) is 0 Å². The summed E-state index contributed by atoms with van der Waals surface area (Å²) in [5.41, 5.74) is 2.65. The van der Waals surface area contributed by atoms with Crippen LogP contribution in [0.1, 0.15) is 40.9 Å². The second-order valence-corrected chi connectivity index (χ2v) is 6.28. The lowest BCUT2D eigenvalue weighted by Gasteiger charge is -2.21. The molecule has 3 heterocycles. The first kappa shape index (κ1) is 16.7. The SMILES string of the molecule is CCn1ccc(C(=O)N2CCCN(Cc3c(C)noc3C)CC2)n1. The predicted molar refractivity (Wildman–Crippen MR) is 89.7 cm³/mol. The zero-order chi connectivity index (χ0) is 17.1. The predicted octanol–water partition coefficient (Wildman–Crippen LogP) is 1.86. The molecule has 0 bridgehead atoms. The van der Waals surface area contributed by atoms with Gasteiger partial charge in [-0.15, -0.1) is 0 Å². The summed E-state index contributed by atoms with van der Waals surface area (Å²) in [4.78, 5) is 16.9. The van der Waals surface area contributed by atoms with Gasteiger partial charge in [-0.3, -0.25) is 14.4 Å². The van der Waals surface area contributed by atoms with Crippen LogP contribution in [-0.4, -0.2) is 56.8 Å². The van der Waals surface area contributed by atoms with Crippen LogP contribution in [0.25, 0.3) is 0 Å². The smallest absolute Gasteiger partial charge is 0.274 e. The molecule has 7 nitrogen and oxygen atoms in total. The molecule has 3 rings (SSSR count). The van der Waals surface area contributed by atoms with Crippen molar-refractivity contribution in [2.24, 2.45) is 0 Å². The van der Waals surface area contributed by atoms with Gasteiger partial charge in [-0.05, 0) is 33.3 Å². The van der Waals surface area contributed by atoms with E-state index in [2.05, 4.69) is 15.2 Å². The van der Waals surface area contributed by atoms with Crippen molar-refractivity contribution in [1.82, 2.24) is 24.7 Å². The highest BCUT2D eigenvalue weighted by atomic mass is 16.5. The number of carbonyl (C=O) groups excluding carboxylic acids is 1. The molecule has 0 unspecified atom stereocenters. The Hall–Kier alpha value is -2.15. The lowest BCUT2D eigenvalue weighted by atomic mass is 10.2. The Bertz CT molecular complexity index is 686. The summed E-state index contributed by atoms with van der Waals surface area (Å²) in [6.07, 6.45) is 2.82. The maximum atomic E-state index is 12.6. The molecule has 0 atom stereocenters. The Balaban J connectivity index is 1.61. The molecule has 1 fully saturated rings. The van der Waals surface area contributed by atoms with Gasteiger partial charge in [0, 0.05) is 51.0 Å². The van der Waals surface area contributed by atoms with Crippen molar-refractivity contribution in [2.45, 2.75) is 40.3 Å². The third-order valence-electron chi connectivity index (χ3n) is 4.62. The van der Waals surface area contributed by atoms with Crippen LogP contribution < -0.4 is 0 Å². The highest BCUT2D eigenvalue weighted by Crippen LogP contribution is 2.17. The normalized spacial score (nSPS) is 16.4. The molecule has 0 radical (unpaired) electrons. The zero-order valence-electron chi connectivity index (χ0n) is 14.7. The first-order valence-corrected chi connectivity index (χ1v) is 8.55. The molecule has 0 aliphatic carbocycles. The van der Waals surface area contributed by atoms with Gasteiger partial charge in [-0.1, -0.05) is 5.16 Å². The fraction of sp³-hybridized carbons (Fsp3) is 0.588. The quantitative estimate of drug-likeness (QED) is 0.855. The maximum Gasteiger partial charge on any atom is 0.274 e. The second-order valence-electron chi connectivity index (χ2n) is 6.28. The van der Waals surface area contributed by atoms with Gasteiger partial charge in [0.05, 0.1) is 5.69 Å². The molecule has 0 saturated carbocycles. The van der Waals surface area contributed by atoms with E-state index in [1.807, 2.05) is 31.9 Å². The number of nitrogens with zero attached hydrogens (tertiary/aromatic N) is 5. The van der Waals surface area contributed by atoms with E-state index in [9.17, 15) is 4.79 Å². The van der Waals surface area contributed by atoms with Crippen molar-refractivity contribution in [3.05, 3.63) is 35.0 Å². The van der Waals surface area contributed by atoms with Crippen molar-refractivity contribution in [2.75, 3.05) is 26.2 Å². The molecule has 2 aromatic heterocycles. The number of aryl methyl sites for hydroxylation is 3. The molecular formula is C17H25N5O2. The molecule has 0 spiro atoms. The van der Waals surface area contributed by atoms with E-state index in [-0.39, 0.29) is 5.91 Å². The molecule has 0 aromatic carbocycles. The Morgan fingerprint density at radius 2 is 2.08 bits per heavy atom. The molecule has 130 valence electrons. The number of rotatable bonds is 4. The Kier molecular flexibility index (Phi) is 4.99. The third-order valence-corrected chi connectivity index (χ3v) is 4.62. The second kappa shape index (κ2) is 7.17. The van der Waals surface area contributed by atoms with E-state index in [1.165, 1.54) is 0 Å². The Labute approximate surface area is 142 Å². The monoisotopic (exact) mass is 331 g/mol. The maximum absolute atomic E-state index is 12.6. The van der Waals surface area contributed by atoms with Gasteiger partial charge in [0.15, 0.2) is 0 Å². The van der Waals surface area contributed by atoms with Crippen molar-refractivity contribution in [1.29, 1.82) is 0 Å². The lowest BCUT2D eigenvalue weighted by Crippen LogP contribution is -2.35. The molecule has 1 amide bonds. The van der Waals surface area contributed by atoms with E-state index in [0.29, 0.717) is 5.69 Å². The molecule has 1 aliphatic rings. The number of carbonyl (C=O) groups is 1. The first-order chi connectivity index (χ1) is 11.6. The van der Waals surface area contributed by atoms with Gasteiger partial charge < -0.3 is 9.42 Å². The van der Waals surface area contributed by atoms with E-state index in [4.69, 9.17) is 4.52 Å². The standard InChI is InChI=1S/C17H25N5O2/c1-4-22-9-6-16(18-22)17(23)21-8-5-7-20(10-11-21)12-15-13(2)19-24-14(15)3/h6,9H,4-5,7-8,10-12H2,1-3H3. The topological polar surface area (TPSA) is 67.4 Å². The van der Waals surface area contributed by atoms with Crippen molar-refractivity contribution in [3.63, 3.8) is 0 Å². The van der Waals surface area contributed by atoms with Gasteiger partial charge in [0.1, 0.15) is 11.5 Å². The van der Waals surface area contributed by atoms with Crippen molar-refractivity contribution >= 4 is 5.91 Å². The van der Waals surface area contributed by atoms with Gasteiger partial charge in [0.2, 0.25) is 0 Å². The van der Waals surface area contributed by atoms with Crippen LogP contribution in [-0.2, 0) is 13.1 Å². The van der Waals surface area contributed by atoms with Crippen molar-refractivity contribution < 1.29 is 9.32 Å². The Morgan fingerprint density at radius 1 is 1.25 bits per heavy atom. The molecular weight excluding hydrogens is 306 g/mol. The highest BCUT2D eigenvalue weighted by molar-refractivity contribution is 5.92. The van der Waals surface area contributed by atoms with Gasteiger partial charge >= 0.3 is 0 Å². The minimum absolute atomic E-state index is 0.0291. The molecule has 7 heteroatoms. The average molecular weight is 331 g/mol. The molecule has 2 aromatic rings. The molecule has 24 heavy (non-hydrogen) atoms. The fourth-order valence-electron chi connectivity index (χ4n) is 3.10. The average Bonchev–Trinajstić information content (AvgIpc) is 3.10. The minimum Gasteiger partial charge on any atom is -0.361 e. The first-order valence-electron chi connectivity index (χ1n) is 8.55. The van der Waals surface area contributed by atoms with E-state index in [0.717, 1.165) is 62.7 Å². The number of aromatic nitrogens is 3. The number of hydrogen-bond donors (Lipinski definition) is 0. The summed E-state index contributed by atoms with van der Waals surface area (Å²) < 4.78 is 7.03. The molecule has 1 aliphatic heterocycles. The summed E-state index contributed by atoms with van der Waals surface area (Å²) in [6, 6.07) is 1.80. The van der Waals surface area contributed by atoms with Crippen LogP contribution >= 0.6 is 0 Å². The summed E-state index contributed by atoms with van der Waals surface area (Å²) in [6.45, 7) is 10.9. The van der Waals surface area contributed by atoms with Gasteiger partial charge in [-0.2, -0.15) is 5.10 Å². The summed E-state index contributed by atoms with van der Waals surface area (Å²) in [5.74, 6) is 0.913. The van der Waals surface area contributed by atoms with Gasteiger partial charge in [-0.25, -0.2) is 0 Å². The zero-order valence-corrected chi connectivity index (χ0v) is 14.7. The van der Waals surface area contributed by atoms with Gasteiger partial charge in [0.25, 0.3) is 5.91 Å². The van der Waals surface area contributed by atoms with Crippen LogP contribution in [0.15, 0.2) is 16.8 Å². The summed E-state index contributed by atoms with van der Waals surface area (Å²) in [5, 5.41) is 8.35. The molecule has 1 saturated heterocycles. The summed E-state index contributed by atoms with van der Waals surface area (Å²) >= 11 is 0. The minimum atomic E-state index is 0.0291. The number of amides is 1. The van der Waals surface area contributed by atoms with Crippen LogP contribution in [0, 0.1) is 13.8 Å². The highest BCUT2D eigenvalue weighted by Gasteiger charge is 2.23. The lowest BCUT2D eigenvalue weighted by molar-refractivity contribution is 0.0754.